The highest BCUT2D eigenvalue weighted by Crippen LogP contribution is 2.36. The van der Waals surface area contributed by atoms with Crippen molar-refractivity contribution >= 4 is 11.8 Å². The summed E-state index contributed by atoms with van der Waals surface area (Å²) in [4.78, 5) is 22.4. The Balaban J connectivity index is 1.61. The molecule has 2 aliphatic rings. The first kappa shape index (κ1) is 14.0. The number of amides is 2. The Labute approximate surface area is 112 Å². The molecule has 0 unspecified atom stereocenters. The van der Waals surface area contributed by atoms with Crippen molar-refractivity contribution < 1.29 is 19.4 Å². The van der Waals surface area contributed by atoms with Crippen LogP contribution in [0.4, 0.5) is 0 Å². The molecule has 2 amide bonds. The minimum absolute atomic E-state index is 0.0105. The van der Waals surface area contributed by atoms with Crippen LogP contribution in [0.2, 0.25) is 0 Å². The standard InChI is InChI=1S/C13H20N2O4/c14-11(17)4-2-1-3-5-15-13(18)8-6-9(16)12-10(7-8)19-12/h6,9-10,12,16H,1-5,7H2,(H2,14,17)(H,15,18)/t9-,10-,12+/m0/s1. The van der Waals surface area contributed by atoms with Crippen LogP contribution in [-0.2, 0) is 14.3 Å². The molecule has 1 fully saturated rings. The van der Waals surface area contributed by atoms with E-state index in [0.717, 1.165) is 19.3 Å². The molecule has 6 nitrogen and oxygen atoms in total. The van der Waals surface area contributed by atoms with E-state index in [2.05, 4.69) is 5.32 Å². The zero-order chi connectivity index (χ0) is 13.8. The number of fused-ring (bicyclic) bond motifs is 1. The summed E-state index contributed by atoms with van der Waals surface area (Å²) < 4.78 is 5.22. The normalized spacial score (nSPS) is 28.3. The molecule has 19 heavy (non-hydrogen) atoms. The number of rotatable bonds is 7. The van der Waals surface area contributed by atoms with Crippen LogP contribution in [0.5, 0.6) is 0 Å². The van der Waals surface area contributed by atoms with E-state index in [0.29, 0.717) is 25.0 Å². The Morgan fingerprint density at radius 1 is 1.42 bits per heavy atom. The molecule has 0 bridgehead atoms. The Morgan fingerprint density at radius 2 is 2.21 bits per heavy atom. The highest BCUT2D eigenvalue weighted by Gasteiger charge is 2.47. The lowest BCUT2D eigenvalue weighted by Gasteiger charge is -2.13. The maximum absolute atomic E-state index is 11.8. The molecule has 1 heterocycles. The Bertz CT molecular complexity index is 394. The molecule has 1 aliphatic carbocycles. The SMILES string of the molecule is NC(=O)CCCCCNC(=O)C1=C[C@H](O)[C@H]2O[C@H]2C1. The van der Waals surface area contributed by atoms with Gasteiger partial charge in [-0.25, -0.2) is 0 Å². The van der Waals surface area contributed by atoms with E-state index < -0.39 is 6.10 Å². The van der Waals surface area contributed by atoms with Gasteiger partial charge in [-0.05, 0) is 18.9 Å². The summed E-state index contributed by atoms with van der Waals surface area (Å²) in [5, 5.41) is 12.4. The summed E-state index contributed by atoms with van der Waals surface area (Å²) >= 11 is 0. The molecule has 106 valence electrons. The van der Waals surface area contributed by atoms with Crippen LogP contribution in [0.15, 0.2) is 11.6 Å². The Kier molecular flexibility index (Phi) is 4.55. The number of carbonyl (C=O) groups is 2. The van der Waals surface area contributed by atoms with Crippen LogP contribution in [0.3, 0.4) is 0 Å². The van der Waals surface area contributed by atoms with Crippen molar-refractivity contribution in [2.45, 2.75) is 50.4 Å². The van der Waals surface area contributed by atoms with Crippen LogP contribution in [0.1, 0.15) is 32.1 Å². The van der Waals surface area contributed by atoms with Gasteiger partial charge in [0.15, 0.2) is 0 Å². The van der Waals surface area contributed by atoms with Gasteiger partial charge in [-0.1, -0.05) is 6.42 Å². The van der Waals surface area contributed by atoms with Crippen molar-refractivity contribution in [3.8, 4) is 0 Å². The van der Waals surface area contributed by atoms with E-state index in [9.17, 15) is 14.7 Å². The molecular formula is C13H20N2O4. The minimum Gasteiger partial charge on any atom is -0.386 e. The first-order valence-electron chi connectivity index (χ1n) is 6.68. The quantitative estimate of drug-likeness (QED) is 0.432. The summed E-state index contributed by atoms with van der Waals surface area (Å²) in [7, 11) is 0. The largest absolute Gasteiger partial charge is 0.386 e. The minimum atomic E-state index is -0.657. The Hall–Kier alpha value is -1.40. The highest BCUT2D eigenvalue weighted by molar-refractivity contribution is 5.93. The lowest BCUT2D eigenvalue weighted by molar-refractivity contribution is -0.119. The van der Waals surface area contributed by atoms with Crippen LogP contribution in [0, 0.1) is 0 Å². The van der Waals surface area contributed by atoms with Gasteiger partial charge in [0.25, 0.3) is 0 Å². The van der Waals surface area contributed by atoms with E-state index >= 15 is 0 Å². The molecule has 0 saturated carbocycles. The molecule has 0 aromatic rings. The molecule has 2 rings (SSSR count). The maximum atomic E-state index is 11.8. The van der Waals surface area contributed by atoms with Crippen molar-refractivity contribution in [3.63, 3.8) is 0 Å². The first-order valence-corrected chi connectivity index (χ1v) is 6.68. The number of hydrogen-bond donors (Lipinski definition) is 3. The molecule has 1 aliphatic heterocycles. The molecule has 0 spiro atoms. The topological polar surface area (TPSA) is 105 Å². The van der Waals surface area contributed by atoms with Gasteiger partial charge < -0.3 is 20.9 Å². The maximum Gasteiger partial charge on any atom is 0.247 e. The summed E-state index contributed by atoms with van der Waals surface area (Å²) in [6.45, 7) is 0.569. The number of carbonyl (C=O) groups excluding carboxylic acids is 2. The lowest BCUT2D eigenvalue weighted by atomic mass is 9.97. The number of epoxide rings is 1. The van der Waals surface area contributed by atoms with Gasteiger partial charge in [0.1, 0.15) is 12.2 Å². The third-order valence-electron chi connectivity index (χ3n) is 3.43. The molecule has 3 atom stereocenters. The second-order valence-corrected chi connectivity index (χ2v) is 5.06. The smallest absolute Gasteiger partial charge is 0.247 e. The van der Waals surface area contributed by atoms with Crippen LogP contribution < -0.4 is 11.1 Å². The van der Waals surface area contributed by atoms with Gasteiger partial charge in [-0.3, -0.25) is 9.59 Å². The summed E-state index contributed by atoms with van der Waals surface area (Å²) in [5.41, 5.74) is 5.63. The van der Waals surface area contributed by atoms with E-state index in [1.807, 2.05) is 0 Å². The van der Waals surface area contributed by atoms with Crippen molar-refractivity contribution in [3.05, 3.63) is 11.6 Å². The predicted molar refractivity (Wildman–Crippen MR) is 68.0 cm³/mol. The summed E-state index contributed by atoms with van der Waals surface area (Å²) in [6, 6.07) is 0. The predicted octanol–water partition coefficient (Wildman–Crippen LogP) is -0.393. The fourth-order valence-electron chi connectivity index (χ4n) is 2.29. The third kappa shape index (κ3) is 4.04. The molecular weight excluding hydrogens is 248 g/mol. The Morgan fingerprint density at radius 3 is 2.89 bits per heavy atom. The van der Waals surface area contributed by atoms with E-state index in [1.54, 1.807) is 6.08 Å². The summed E-state index contributed by atoms with van der Waals surface area (Å²) in [5.74, 6) is -0.424. The second kappa shape index (κ2) is 6.16. The number of aliphatic hydroxyl groups is 1. The zero-order valence-corrected chi connectivity index (χ0v) is 10.8. The number of nitrogens with one attached hydrogen (secondary N) is 1. The average Bonchev–Trinajstić information content (AvgIpc) is 3.12. The monoisotopic (exact) mass is 268 g/mol. The van der Waals surface area contributed by atoms with Gasteiger partial charge in [0, 0.05) is 25.0 Å². The number of unbranched alkanes of at least 4 members (excludes halogenated alkanes) is 2. The van der Waals surface area contributed by atoms with Crippen LogP contribution in [-0.4, -0.2) is 41.8 Å². The first-order chi connectivity index (χ1) is 9.08. The fourth-order valence-corrected chi connectivity index (χ4v) is 2.29. The van der Waals surface area contributed by atoms with Crippen LogP contribution >= 0.6 is 0 Å². The molecule has 6 heteroatoms. The van der Waals surface area contributed by atoms with Gasteiger partial charge in [0.05, 0.1) is 6.10 Å². The number of aliphatic hydroxyl groups excluding tert-OH is 1. The van der Waals surface area contributed by atoms with Gasteiger partial charge in [0.2, 0.25) is 11.8 Å². The van der Waals surface area contributed by atoms with Gasteiger partial charge in [-0.2, -0.15) is 0 Å². The molecule has 0 radical (unpaired) electrons. The average molecular weight is 268 g/mol. The van der Waals surface area contributed by atoms with Gasteiger partial charge in [-0.15, -0.1) is 0 Å². The van der Waals surface area contributed by atoms with E-state index in [-0.39, 0.29) is 24.0 Å². The third-order valence-corrected chi connectivity index (χ3v) is 3.43. The molecule has 0 aromatic heterocycles. The van der Waals surface area contributed by atoms with Gasteiger partial charge >= 0.3 is 0 Å². The lowest BCUT2D eigenvalue weighted by Crippen LogP contribution is -2.30. The molecule has 4 N–H and O–H groups in total. The second-order valence-electron chi connectivity index (χ2n) is 5.06. The number of primary amides is 1. The van der Waals surface area contributed by atoms with Crippen molar-refractivity contribution in [2.75, 3.05) is 6.54 Å². The summed E-state index contributed by atoms with van der Waals surface area (Å²) in [6.07, 6.45) is 4.23. The number of nitrogens with two attached hydrogens (primary N) is 1. The molecule has 1 saturated heterocycles. The zero-order valence-electron chi connectivity index (χ0n) is 10.8. The fraction of sp³-hybridized carbons (Fsp3) is 0.692. The van der Waals surface area contributed by atoms with Crippen molar-refractivity contribution in [1.82, 2.24) is 5.32 Å². The van der Waals surface area contributed by atoms with E-state index in [4.69, 9.17) is 10.5 Å². The number of hydrogen-bond acceptors (Lipinski definition) is 4. The highest BCUT2D eigenvalue weighted by atomic mass is 16.6. The number of ether oxygens (including phenoxy) is 1. The van der Waals surface area contributed by atoms with Crippen LogP contribution in [0.25, 0.3) is 0 Å². The van der Waals surface area contributed by atoms with E-state index in [1.165, 1.54) is 0 Å². The van der Waals surface area contributed by atoms with Crippen molar-refractivity contribution in [1.29, 1.82) is 0 Å². The molecule has 0 aromatic carbocycles. The van der Waals surface area contributed by atoms with Crippen molar-refractivity contribution in [2.24, 2.45) is 5.73 Å².